The van der Waals surface area contributed by atoms with Gasteiger partial charge in [-0.1, -0.05) is 17.5 Å². The standard InChI is InChI=1S/C7H4ClNO/c1-2-5-3-4-9-7(8)6(5)10/h1,3-4,10H. The minimum atomic E-state index is -0.133. The van der Waals surface area contributed by atoms with Gasteiger partial charge in [0, 0.05) is 6.20 Å². The maximum absolute atomic E-state index is 9.06. The highest BCUT2D eigenvalue weighted by Crippen LogP contribution is 2.22. The van der Waals surface area contributed by atoms with Crippen LogP contribution in [0.1, 0.15) is 5.56 Å². The fourth-order valence-corrected chi connectivity index (χ4v) is 0.703. The van der Waals surface area contributed by atoms with E-state index in [0.717, 1.165) is 0 Å². The second-order valence-corrected chi connectivity index (χ2v) is 2.00. The third kappa shape index (κ3) is 1.04. The van der Waals surface area contributed by atoms with Crippen molar-refractivity contribution in [2.75, 3.05) is 0 Å². The summed E-state index contributed by atoms with van der Waals surface area (Å²) in [5, 5.41) is 9.10. The molecule has 1 heterocycles. The first-order valence-corrected chi connectivity index (χ1v) is 2.93. The van der Waals surface area contributed by atoms with Crippen LogP contribution in [0.2, 0.25) is 5.15 Å². The van der Waals surface area contributed by atoms with Crippen LogP contribution in [0, 0.1) is 12.3 Å². The molecule has 0 amide bonds. The molecule has 1 aromatic heterocycles. The lowest BCUT2D eigenvalue weighted by Crippen LogP contribution is -1.79. The molecule has 1 N–H and O–H groups in total. The molecule has 0 saturated carbocycles. The molecule has 0 radical (unpaired) electrons. The third-order valence-corrected chi connectivity index (χ3v) is 1.31. The highest BCUT2D eigenvalue weighted by atomic mass is 35.5. The Morgan fingerprint density at radius 2 is 2.40 bits per heavy atom. The number of hydrogen-bond acceptors (Lipinski definition) is 2. The molecule has 2 nitrogen and oxygen atoms in total. The van der Waals surface area contributed by atoms with Crippen molar-refractivity contribution in [3.05, 3.63) is 23.0 Å². The first-order valence-electron chi connectivity index (χ1n) is 2.56. The van der Waals surface area contributed by atoms with E-state index in [1.165, 1.54) is 12.3 Å². The Kier molecular flexibility index (Phi) is 1.79. The number of nitrogens with zero attached hydrogens (tertiary/aromatic N) is 1. The Hall–Kier alpha value is -1.20. The lowest BCUT2D eigenvalue weighted by Gasteiger charge is -1.95. The number of rotatable bonds is 0. The normalized spacial score (nSPS) is 8.80. The van der Waals surface area contributed by atoms with E-state index in [2.05, 4.69) is 10.9 Å². The lowest BCUT2D eigenvalue weighted by molar-refractivity contribution is 0.471. The van der Waals surface area contributed by atoms with E-state index in [4.69, 9.17) is 23.1 Å². The van der Waals surface area contributed by atoms with E-state index >= 15 is 0 Å². The second-order valence-electron chi connectivity index (χ2n) is 1.64. The van der Waals surface area contributed by atoms with Crippen LogP contribution in [-0.4, -0.2) is 10.1 Å². The van der Waals surface area contributed by atoms with Gasteiger partial charge < -0.3 is 5.11 Å². The molecule has 0 bridgehead atoms. The van der Waals surface area contributed by atoms with Crippen LogP contribution in [0.25, 0.3) is 0 Å². The average molecular weight is 154 g/mol. The molecule has 0 atom stereocenters. The Bertz CT molecular complexity index is 290. The van der Waals surface area contributed by atoms with Crippen molar-refractivity contribution >= 4 is 11.6 Å². The summed E-state index contributed by atoms with van der Waals surface area (Å²) in [7, 11) is 0. The summed E-state index contributed by atoms with van der Waals surface area (Å²) in [5.41, 5.74) is 0.361. The van der Waals surface area contributed by atoms with Crippen molar-refractivity contribution in [1.82, 2.24) is 4.98 Å². The summed E-state index contributed by atoms with van der Waals surface area (Å²) in [5.74, 6) is 2.13. The molecule has 0 saturated heterocycles. The Labute approximate surface area is 63.5 Å². The molecular weight excluding hydrogens is 150 g/mol. The number of aromatic hydroxyl groups is 1. The number of terminal acetylenes is 1. The Balaban J connectivity index is 3.31. The van der Waals surface area contributed by atoms with Crippen LogP contribution >= 0.6 is 11.6 Å². The fraction of sp³-hybridized carbons (Fsp3) is 0. The molecule has 0 aliphatic rings. The quantitative estimate of drug-likeness (QED) is 0.452. The summed E-state index contributed by atoms with van der Waals surface area (Å²) >= 11 is 5.44. The average Bonchev–Trinajstić information content (AvgIpc) is 1.95. The minimum absolute atomic E-state index is 0.0375. The van der Waals surface area contributed by atoms with Gasteiger partial charge in [-0.3, -0.25) is 0 Å². The van der Waals surface area contributed by atoms with Crippen molar-refractivity contribution in [2.24, 2.45) is 0 Å². The summed E-state index contributed by atoms with van der Waals surface area (Å²) in [6.07, 6.45) is 6.46. The van der Waals surface area contributed by atoms with E-state index < -0.39 is 0 Å². The molecule has 0 aromatic carbocycles. The van der Waals surface area contributed by atoms with Gasteiger partial charge in [0.15, 0.2) is 10.9 Å². The summed E-state index contributed by atoms with van der Waals surface area (Å²) in [4.78, 5) is 3.61. The van der Waals surface area contributed by atoms with Gasteiger partial charge in [0.2, 0.25) is 0 Å². The lowest BCUT2D eigenvalue weighted by atomic mass is 10.3. The summed E-state index contributed by atoms with van der Waals surface area (Å²) in [6, 6.07) is 1.52. The van der Waals surface area contributed by atoms with Crippen molar-refractivity contribution in [3.8, 4) is 18.1 Å². The molecule has 0 aliphatic carbocycles. The molecule has 50 valence electrons. The molecule has 0 aliphatic heterocycles. The maximum atomic E-state index is 9.06. The van der Waals surface area contributed by atoms with Gasteiger partial charge in [0.05, 0.1) is 5.56 Å². The first-order chi connectivity index (χ1) is 4.75. The molecule has 10 heavy (non-hydrogen) atoms. The van der Waals surface area contributed by atoms with E-state index in [9.17, 15) is 0 Å². The fourth-order valence-electron chi connectivity index (χ4n) is 0.545. The van der Waals surface area contributed by atoms with Gasteiger partial charge in [-0.2, -0.15) is 0 Å². The zero-order valence-electron chi connectivity index (χ0n) is 5.00. The van der Waals surface area contributed by atoms with Gasteiger partial charge in [-0.15, -0.1) is 6.42 Å². The van der Waals surface area contributed by atoms with E-state index in [0.29, 0.717) is 5.56 Å². The van der Waals surface area contributed by atoms with Crippen LogP contribution in [0.5, 0.6) is 5.75 Å². The van der Waals surface area contributed by atoms with Gasteiger partial charge in [0.25, 0.3) is 0 Å². The maximum Gasteiger partial charge on any atom is 0.172 e. The summed E-state index contributed by atoms with van der Waals surface area (Å²) < 4.78 is 0. The number of pyridine rings is 1. The molecular formula is C7H4ClNO. The SMILES string of the molecule is C#Cc1ccnc(Cl)c1O. The van der Waals surface area contributed by atoms with E-state index in [1.54, 1.807) is 0 Å². The minimum Gasteiger partial charge on any atom is -0.504 e. The smallest absolute Gasteiger partial charge is 0.172 e. The van der Waals surface area contributed by atoms with Crippen molar-refractivity contribution in [1.29, 1.82) is 0 Å². The van der Waals surface area contributed by atoms with E-state index in [1.807, 2.05) is 0 Å². The number of aromatic nitrogens is 1. The Morgan fingerprint density at radius 3 is 2.90 bits per heavy atom. The highest BCUT2D eigenvalue weighted by Gasteiger charge is 2.01. The monoisotopic (exact) mass is 153 g/mol. The van der Waals surface area contributed by atoms with E-state index in [-0.39, 0.29) is 10.9 Å². The Morgan fingerprint density at radius 1 is 1.70 bits per heavy atom. The molecule has 0 spiro atoms. The second kappa shape index (κ2) is 2.59. The van der Waals surface area contributed by atoms with Crippen molar-refractivity contribution in [3.63, 3.8) is 0 Å². The number of halogens is 1. The third-order valence-electron chi connectivity index (χ3n) is 1.04. The van der Waals surface area contributed by atoms with Crippen LogP contribution in [0.3, 0.4) is 0 Å². The van der Waals surface area contributed by atoms with Crippen LogP contribution < -0.4 is 0 Å². The van der Waals surface area contributed by atoms with Crippen LogP contribution in [0.4, 0.5) is 0 Å². The summed E-state index contributed by atoms with van der Waals surface area (Å²) in [6.45, 7) is 0. The molecule has 3 heteroatoms. The van der Waals surface area contributed by atoms with Crippen LogP contribution in [0.15, 0.2) is 12.3 Å². The van der Waals surface area contributed by atoms with Crippen molar-refractivity contribution in [2.45, 2.75) is 0 Å². The predicted octanol–water partition coefficient (Wildman–Crippen LogP) is 1.42. The highest BCUT2D eigenvalue weighted by molar-refractivity contribution is 6.30. The molecule has 1 rings (SSSR count). The number of hydrogen-bond donors (Lipinski definition) is 1. The van der Waals surface area contributed by atoms with Gasteiger partial charge in [-0.25, -0.2) is 4.98 Å². The van der Waals surface area contributed by atoms with Gasteiger partial charge >= 0.3 is 0 Å². The van der Waals surface area contributed by atoms with Gasteiger partial charge in [0.1, 0.15) is 0 Å². The molecule has 0 unspecified atom stereocenters. The zero-order valence-corrected chi connectivity index (χ0v) is 5.76. The van der Waals surface area contributed by atoms with Crippen LogP contribution in [-0.2, 0) is 0 Å². The largest absolute Gasteiger partial charge is 0.504 e. The first kappa shape index (κ1) is 6.91. The predicted molar refractivity (Wildman–Crippen MR) is 38.8 cm³/mol. The molecule has 1 aromatic rings. The zero-order chi connectivity index (χ0) is 7.56. The van der Waals surface area contributed by atoms with Crippen molar-refractivity contribution < 1.29 is 5.11 Å². The van der Waals surface area contributed by atoms with Gasteiger partial charge in [-0.05, 0) is 6.07 Å². The topological polar surface area (TPSA) is 33.1 Å². The molecule has 0 fully saturated rings.